The van der Waals surface area contributed by atoms with Crippen molar-refractivity contribution in [2.45, 2.75) is 6.42 Å². The van der Waals surface area contributed by atoms with Gasteiger partial charge < -0.3 is 24.4 Å². The Bertz CT molecular complexity index is 707. The number of hydrogen-bond acceptors (Lipinski definition) is 5. The quantitative estimate of drug-likeness (QED) is 0.855. The van der Waals surface area contributed by atoms with E-state index in [1.807, 2.05) is 24.3 Å². The van der Waals surface area contributed by atoms with Crippen LogP contribution in [0.3, 0.4) is 0 Å². The van der Waals surface area contributed by atoms with Crippen molar-refractivity contribution in [1.82, 2.24) is 0 Å². The minimum atomic E-state index is -0.0246. The van der Waals surface area contributed by atoms with Crippen molar-refractivity contribution in [3.8, 4) is 28.7 Å². The first kappa shape index (κ1) is 16.5. The van der Waals surface area contributed by atoms with Crippen LogP contribution in [-0.2, 0) is 6.42 Å². The summed E-state index contributed by atoms with van der Waals surface area (Å²) in [6, 6.07) is 8.70. The Balaban J connectivity index is 2.19. The Labute approximate surface area is 135 Å². The summed E-state index contributed by atoms with van der Waals surface area (Å²) >= 11 is 0. The molecule has 2 rings (SSSR count). The van der Waals surface area contributed by atoms with E-state index in [9.17, 15) is 10.2 Å². The SMILES string of the molecule is COc1cc(C/C=C/c2ccc(OC)c(O)c2OC)ccc1O. The molecular formula is C18H20O5. The van der Waals surface area contributed by atoms with Gasteiger partial charge in [-0.05, 0) is 36.2 Å². The van der Waals surface area contributed by atoms with E-state index in [1.165, 1.54) is 21.3 Å². The zero-order valence-corrected chi connectivity index (χ0v) is 13.4. The molecular weight excluding hydrogens is 296 g/mol. The molecule has 0 amide bonds. The number of phenolic OH excluding ortho intramolecular Hbond substituents is 2. The van der Waals surface area contributed by atoms with Crippen LogP contribution in [0.5, 0.6) is 28.7 Å². The van der Waals surface area contributed by atoms with Gasteiger partial charge in [-0.3, -0.25) is 0 Å². The summed E-state index contributed by atoms with van der Waals surface area (Å²) < 4.78 is 15.4. The molecule has 0 spiro atoms. The highest BCUT2D eigenvalue weighted by Crippen LogP contribution is 2.39. The average molecular weight is 316 g/mol. The molecule has 0 heterocycles. The lowest BCUT2D eigenvalue weighted by atomic mass is 10.1. The standard InChI is InChI=1S/C18H20O5/c1-21-15-10-8-13(18(23-3)17(15)20)6-4-5-12-7-9-14(19)16(11-12)22-2/h4,6-11,19-20H,5H2,1-3H3/b6-4+. The number of ether oxygens (including phenoxy) is 3. The van der Waals surface area contributed by atoms with Gasteiger partial charge in [-0.25, -0.2) is 0 Å². The van der Waals surface area contributed by atoms with Crippen molar-refractivity contribution in [1.29, 1.82) is 0 Å². The molecule has 2 N–H and O–H groups in total. The molecule has 0 saturated heterocycles. The molecule has 2 aromatic rings. The lowest BCUT2D eigenvalue weighted by Gasteiger charge is -2.10. The molecule has 0 aliphatic carbocycles. The molecule has 0 aromatic heterocycles. The number of hydrogen-bond donors (Lipinski definition) is 2. The van der Waals surface area contributed by atoms with E-state index in [0.717, 1.165) is 11.1 Å². The van der Waals surface area contributed by atoms with E-state index in [0.29, 0.717) is 23.7 Å². The number of benzene rings is 2. The van der Waals surface area contributed by atoms with Crippen LogP contribution in [0.2, 0.25) is 0 Å². The number of rotatable bonds is 6. The summed E-state index contributed by atoms with van der Waals surface area (Å²) in [5, 5.41) is 19.6. The van der Waals surface area contributed by atoms with Gasteiger partial charge >= 0.3 is 0 Å². The smallest absolute Gasteiger partial charge is 0.201 e. The molecule has 122 valence electrons. The Morgan fingerprint density at radius 1 is 0.913 bits per heavy atom. The van der Waals surface area contributed by atoms with Crippen molar-refractivity contribution in [2.24, 2.45) is 0 Å². The predicted octanol–water partition coefficient (Wildman–Crippen LogP) is 3.38. The Kier molecular flexibility index (Phi) is 5.36. The second-order valence-corrected chi connectivity index (χ2v) is 4.85. The Hall–Kier alpha value is -2.82. The molecule has 0 radical (unpaired) electrons. The van der Waals surface area contributed by atoms with Crippen molar-refractivity contribution < 1.29 is 24.4 Å². The third-order valence-electron chi connectivity index (χ3n) is 3.44. The Morgan fingerprint density at radius 2 is 1.65 bits per heavy atom. The number of aromatic hydroxyl groups is 2. The van der Waals surface area contributed by atoms with E-state index in [4.69, 9.17) is 14.2 Å². The molecule has 23 heavy (non-hydrogen) atoms. The van der Waals surface area contributed by atoms with Gasteiger partial charge in [0.1, 0.15) is 0 Å². The van der Waals surface area contributed by atoms with E-state index in [1.54, 1.807) is 18.2 Å². The second kappa shape index (κ2) is 7.45. The van der Waals surface area contributed by atoms with Crippen LogP contribution in [0.4, 0.5) is 0 Å². The van der Waals surface area contributed by atoms with Crippen molar-refractivity contribution >= 4 is 6.08 Å². The van der Waals surface area contributed by atoms with Crippen LogP contribution in [0, 0.1) is 0 Å². The monoisotopic (exact) mass is 316 g/mol. The van der Waals surface area contributed by atoms with Crippen LogP contribution in [0.25, 0.3) is 6.08 Å². The highest BCUT2D eigenvalue weighted by Gasteiger charge is 2.12. The highest BCUT2D eigenvalue weighted by atomic mass is 16.5. The van der Waals surface area contributed by atoms with Crippen LogP contribution in [0.1, 0.15) is 11.1 Å². The maximum Gasteiger partial charge on any atom is 0.201 e. The summed E-state index contributed by atoms with van der Waals surface area (Å²) in [4.78, 5) is 0. The highest BCUT2D eigenvalue weighted by molar-refractivity contribution is 5.66. The molecule has 5 heteroatoms. The van der Waals surface area contributed by atoms with Crippen LogP contribution in [-0.4, -0.2) is 31.5 Å². The molecule has 2 aromatic carbocycles. The molecule has 5 nitrogen and oxygen atoms in total. The van der Waals surface area contributed by atoms with Crippen LogP contribution < -0.4 is 14.2 Å². The van der Waals surface area contributed by atoms with Crippen molar-refractivity contribution in [2.75, 3.05) is 21.3 Å². The lowest BCUT2D eigenvalue weighted by molar-refractivity contribution is 0.339. The average Bonchev–Trinajstić information content (AvgIpc) is 2.56. The van der Waals surface area contributed by atoms with E-state index >= 15 is 0 Å². The van der Waals surface area contributed by atoms with Crippen LogP contribution >= 0.6 is 0 Å². The summed E-state index contributed by atoms with van der Waals surface area (Å²) in [6.07, 6.45) is 4.44. The minimum Gasteiger partial charge on any atom is -0.504 e. The number of phenols is 2. The van der Waals surface area contributed by atoms with E-state index < -0.39 is 0 Å². The third kappa shape index (κ3) is 3.69. The van der Waals surface area contributed by atoms with Gasteiger partial charge in [0.05, 0.1) is 21.3 Å². The maximum absolute atomic E-state index is 10.1. The lowest BCUT2D eigenvalue weighted by Crippen LogP contribution is -1.91. The molecule has 0 unspecified atom stereocenters. The molecule has 0 fully saturated rings. The first-order valence-corrected chi connectivity index (χ1v) is 7.07. The zero-order chi connectivity index (χ0) is 16.8. The summed E-state index contributed by atoms with van der Waals surface area (Å²) in [6.45, 7) is 0. The molecule has 0 aliphatic heterocycles. The van der Waals surface area contributed by atoms with Gasteiger partial charge in [0.2, 0.25) is 5.75 Å². The fourth-order valence-corrected chi connectivity index (χ4v) is 2.25. The van der Waals surface area contributed by atoms with Crippen molar-refractivity contribution in [3.63, 3.8) is 0 Å². The summed E-state index contributed by atoms with van der Waals surface area (Å²) in [5.41, 5.74) is 1.74. The Morgan fingerprint density at radius 3 is 2.30 bits per heavy atom. The minimum absolute atomic E-state index is 0.0246. The largest absolute Gasteiger partial charge is 0.504 e. The van der Waals surface area contributed by atoms with Gasteiger partial charge in [-0.15, -0.1) is 0 Å². The number of allylic oxidation sites excluding steroid dienone is 1. The molecule has 0 bridgehead atoms. The second-order valence-electron chi connectivity index (χ2n) is 4.85. The van der Waals surface area contributed by atoms with Gasteiger partial charge in [-0.1, -0.05) is 18.2 Å². The van der Waals surface area contributed by atoms with Gasteiger partial charge in [0.15, 0.2) is 23.0 Å². The van der Waals surface area contributed by atoms with E-state index in [-0.39, 0.29) is 11.5 Å². The van der Waals surface area contributed by atoms with E-state index in [2.05, 4.69) is 0 Å². The predicted molar refractivity (Wildman–Crippen MR) is 88.6 cm³/mol. The normalized spacial score (nSPS) is 10.7. The molecule has 0 saturated carbocycles. The molecule has 0 aliphatic rings. The topological polar surface area (TPSA) is 68.2 Å². The summed E-state index contributed by atoms with van der Waals surface area (Å²) in [7, 11) is 4.50. The molecule has 0 atom stereocenters. The zero-order valence-electron chi connectivity index (χ0n) is 13.4. The van der Waals surface area contributed by atoms with Crippen molar-refractivity contribution in [3.05, 3.63) is 47.5 Å². The fourth-order valence-electron chi connectivity index (χ4n) is 2.25. The van der Waals surface area contributed by atoms with Gasteiger partial charge in [0, 0.05) is 5.56 Å². The number of methoxy groups -OCH3 is 3. The fraction of sp³-hybridized carbons (Fsp3) is 0.222. The summed E-state index contributed by atoms with van der Waals surface area (Å²) in [5.74, 6) is 1.26. The first-order valence-electron chi connectivity index (χ1n) is 7.07. The van der Waals surface area contributed by atoms with Gasteiger partial charge in [0.25, 0.3) is 0 Å². The maximum atomic E-state index is 10.1. The third-order valence-corrected chi connectivity index (χ3v) is 3.44. The first-order chi connectivity index (χ1) is 11.1. The van der Waals surface area contributed by atoms with Gasteiger partial charge in [-0.2, -0.15) is 0 Å². The van der Waals surface area contributed by atoms with Crippen LogP contribution in [0.15, 0.2) is 36.4 Å².